The first-order valence-electron chi connectivity index (χ1n) is 7.49. The maximum Gasteiger partial charge on any atom is 0.0323 e. The molecule has 2 rings (SSSR count). The van der Waals surface area contributed by atoms with Crippen molar-refractivity contribution in [3.8, 4) is 0 Å². The van der Waals surface area contributed by atoms with Crippen molar-refractivity contribution in [3.63, 3.8) is 0 Å². The van der Waals surface area contributed by atoms with Crippen LogP contribution < -0.4 is 5.32 Å². The van der Waals surface area contributed by atoms with Gasteiger partial charge >= 0.3 is 0 Å². The second-order valence-corrected chi connectivity index (χ2v) is 6.58. The number of hydrogen-bond acceptors (Lipinski definition) is 2. The number of benzene rings is 1. The molecular formula is C17H28N2. The number of nitrogens with zero attached hydrogens (tertiary/aromatic N) is 1. The number of hydrogen-bond donors (Lipinski definition) is 1. The van der Waals surface area contributed by atoms with Gasteiger partial charge < -0.3 is 10.2 Å². The minimum absolute atomic E-state index is 0.196. The summed E-state index contributed by atoms with van der Waals surface area (Å²) in [6.45, 7) is 5.62. The number of rotatable bonds is 4. The number of aryl methyl sites for hydroxylation is 1. The molecule has 2 heteroatoms. The molecule has 1 aromatic rings. The Balaban J connectivity index is 2.08. The fraction of sp³-hybridized carbons (Fsp3) is 0.647. The smallest absolute Gasteiger partial charge is 0.0323 e. The maximum atomic E-state index is 3.80. The van der Waals surface area contributed by atoms with Crippen LogP contribution in [0.15, 0.2) is 24.3 Å². The molecule has 0 bridgehead atoms. The van der Waals surface area contributed by atoms with E-state index < -0.39 is 0 Å². The van der Waals surface area contributed by atoms with E-state index >= 15 is 0 Å². The first-order valence-corrected chi connectivity index (χ1v) is 7.49. The molecule has 0 amide bonds. The van der Waals surface area contributed by atoms with Gasteiger partial charge in [-0.15, -0.1) is 0 Å². The summed E-state index contributed by atoms with van der Waals surface area (Å²) in [6.07, 6.45) is 5.16. The Bertz CT molecular complexity index is 409. The van der Waals surface area contributed by atoms with E-state index in [1.54, 1.807) is 5.56 Å². The van der Waals surface area contributed by atoms with Gasteiger partial charge in [-0.05, 0) is 58.3 Å². The van der Waals surface area contributed by atoms with Crippen LogP contribution in [0.1, 0.15) is 50.3 Å². The van der Waals surface area contributed by atoms with Gasteiger partial charge in [0.05, 0.1) is 0 Å². The third-order valence-corrected chi connectivity index (χ3v) is 4.61. The maximum absolute atomic E-state index is 3.80. The van der Waals surface area contributed by atoms with Gasteiger partial charge in [0.1, 0.15) is 0 Å². The lowest BCUT2D eigenvalue weighted by atomic mass is 9.97. The summed E-state index contributed by atoms with van der Waals surface area (Å²) >= 11 is 0. The average Bonchev–Trinajstić information content (AvgIpc) is 2.58. The quantitative estimate of drug-likeness (QED) is 0.835. The Kier molecular flexibility index (Phi) is 4.64. The van der Waals surface area contributed by atoms with Crippen LogP contribution in [0.5, 0.6) is 0 Å². The van der Waals surface area contributed by atoms with Crippen molar-refractivity contribution in [1.82, 2.24) is 10.2 Å². The van der Waals surface area contributed by atoms with Crippen molar-refractivity contribution in [2.75, 3.05) is 20.6 Å². The molecule has 106 valence electrons. The summed E-state index contributed by atoms with van der Waals surface area (Å²) in [6, 6.07) is 9.48. The van der Waals surface area contributed by atoms with Crippen LogP contribution in [0.4, 0.5) is 0 Å². The zero-order chi connectivity index (χ0) is 13.9. The molecule has 1 aromatic carbocycles. The van der Waals surface area contributed by atoms with Gasteiger partial charge in [0.2, 0.25) is 0 Å². The molecule has 1 aliphatic rings. The predicted octanol–water partition coefficient (Wildman–Crippen LogP) is 3.38. The highest BCUT2D eigenvalue weighted by Crippen LogP contribution is 2.28. The molecule has 1 atom stereocenters. The molecule has 1 N–H and O–H groups in total. The zero-order valence-corrected chi connectivity index (χ0v) is 12.9. The van der Waals surface area contributed by atoms with E-state index in [2.05, 4.69) is 62.4 Å². The Morgan fingerprint density at radius 2 is 1.95 bits per heavy atom. The van der Waals surface area contributed by atoms with Crippen molar-refractivity contribution in [2.24, 2.45) is 0 Å². The lowest BCUT2D eigenvalue weighted by molar-refractivity contribution is 0.183. The Labute approximate surface area is 118 Å². The molecule has 0 aliphatic heterocycles. The summed E-state index contributed by atoms with van der Waals surface area (Å²) in [5.41, 5.74) is 3.26. The average molecular weight is 260 g/mol. The van der Waals surface area contributed by atoms with Crippen LogP contribution >= 0.6 is 0 Å². The SMILES string of the molecule is CN(C)C(C)(C)CNC1CCCCc2ccccc21. The van der Waals surface area contributed by atoms with E-state index in [0.717, 1.165) is 6.54 Å². The Hall–Kier alpha value is -0.860. The van der Waals surface area contributed by atoms with Crippen molar-refractivity contribution >= 4 is 0 Å². The van der Waals surface area contributed by atoms with E-state index in [9.17, 15) is 0 Å². The normalized spacial score (nSPS) is 20.2. The molecule has 0 saturated heterocycles. The van der Waals surface area contributed by atoms with E-state index in [-0.39, 0.29) is 5.54 Å². The van der Waals surface area contributed by atoms with Gasteiger partial charge in [0, 0.05) is 18.1 Å². The van der Waals surface area contributed by atoms with Crippen molar-refractivity contribution in [2.45, 2.75) is 51.1 Å². The third-order valence-electron chi connectivity index (χ3n) is 4.61. The van der Waals surface area contributed by atoms with Gasteiger partial charge in [-0.2, -0.15) is 0 Å². The molecule has 1 aliphatic carbocycles. The Morgan fingerprint density at radius 1 is 1.21 bits per heavy atom. The van der Waals surface area contributed by atoms with E-state index in [0.29, 0.717) is 6.04 Å². The molecule has 0 aromatic heterocycles. The van der Waals surface area contributed by atoms with Crippen LogP contribution in [0.2, 0.25) is 0 Å². The summed E-state index contributed by atoms with van der Waals surface area (Å²) < 4.78 is 0. The molecule has 2 nitrogen and oxygen atoms in total. The number of likely N-dealkylation sites (N-methyl/N-ethyl adjacent to an activating group) is 1. The molecule has 0 radical (unpaired) electrons. The highest BCUT2D eigenvalue weighted by Gasteiger charge is 2.24. The van der Waals surface area contributed by atoms with E-state index in [1.807, 2.05) is 0 Å². The standard InChI is InChI=1S/C17H28N2/c1-17(2,19(3)4)13-18-16-12-8-6-10-14-9-5-7-11-15(14)16/h5,7,9,11,16,18H,6,8,10,12-13H2,1-4H3. The van der Waals surface area contributed by atoms with E-state index in [4.69, 9.17) is 0 Å². The monoisotopic (exact) mass is 260 g/mol. The van der Waals surface area contributed by atoms with Gasteiger partial charge in [0.25, 0.3) is 0 Å². The van der Waals surface area contributed by atoms with Crippen LogP contribution in [-0.2, 0) is 6.42 Å². The topological polar surface area (TPSA) is 15.3 Å². The molecule has 0 saturated carbocycles. The predicted molar refractivity (Wildman–Crippen MR) is 82.5 cm³/mol. The van der Waals surface area contributed by atoms with Gasteiger partial charge in [-0.3, -0.25) is 0 Å². The minimum Gasteiger partial charge on any atom is -0.308 e. The van der Waals surface area contributed by atoms with E-state index in [1.165, 1.54) is 31.2 Å². The second-order valence-electron chi connectivity index (χ2n) is 6.58. The first-order chi connectivity index (χ1) is 9.00. The van der Waals surface area contributed by atoms with Crippen LogP contribution in [-0.4, -0.2) is 31.1 Å². The second kappa shape index (κ2) is 6.06. The zero-order valence-electron chi connectivity index (χ0n) is 12.9. The van der Waals surface area contributed by atoms with Crippen LogP contribution in [0.25, 0.3) is 0 Å². The van der Waals surface area contributed by atoms with Crippen molar-refractivity contribution < 1.29 is 0 Å². The molecule has 1 unspecified atom stereocenters. The summed E-state index contributed by atoms with van der Waals surface area (Å²) in [7, 11) is 4.31. The van der Waals surface area contributed by atoms with Gasteiger partial charge in [-0.1, -0.05) is 30.7 Å². The van der Waals surface area contributed by atoms with Gasteiger partial charge in [0.15, 0.2) is 0 Å². The summed E-state index contributed by atoms with van der Waals surface area (Å²) in [5, 5.41) is 3.80. The lowest BCUT2D eigenvalue weighted by Gasteiger charge is -2.34. The van der Waals surface area contributed by atoms with Crippen LogP contribution in [0.3, 0.4) is 0 Å². The highest BCUT2D eigenvalue weighted by atomic mass is 15.2. The summed E-state index contributed by atoms with van der Waals surface area (Å²) in [5.74, 6) is 0. The fourth-order valence-corrected chi connectivity index (χ4v) is 2.66. The Morgan fingerprint density at radius 3 is 2.68 bits per heavy atom. The summed E-state index contributed by atoms with van der Waals surface area (Å²) in [4.78, 5) is 2.29. The largest absolute Gasteiger partial charge is 0.308 e. The molecule has 0 heterocycles. The molecule has 0 spiro atoms. The van der Waals surface area contributed by atoms with Gasteiger partial charge in [-0.25, -0.2) is 0 Å². The minimum atomic E-state index is 0.196. The number of fused-ring (bicyclic) bond motifs is 1. The van der Waals surface area contributed by atoms with Crippen molar-refractivity contribution in [1.29, 1.82) is 0 Å². The molecule has 0 fully saturated rings. The van der Waals surface area contributed by atoms with Crippen LogP contribution in [0, 0.1) is 0 Å². The lowest BCUT2D eigenvalue weighted by Crippen LogP contribution is -2.47. The highest BCUT2D eigenvalue weighted by molar-refractivity contribution is 5.31. The first kappa shape index (κ1) is 14.5. The molecular weight excluding hydrogens is 232 g/mol. The van der Waals surface area contributed by atoms with Crippen molar-refractivity contribution in [3.05, 3.63) is 35.4 Å². The number of nitrogens with one attached hydrogen (secondary N) is 1. The fourth-order valence-electron chi connectivity index (χ4n) is 2.66. The third kappa shape index (κ3) is 3.58. The molecule has 19 heavy (non-hydrogen) atoms.